The van der Waals surface area contributed by atoms with Crippen molar-refractivity contribution in [2.75, 3.05) is 14.2 Å². The molecule has 24 heavy (non-hydrogen) atoms. The number of hydrogen-bond acceptors (Lipinski definition) is 6. The maximum absolute atomic E-state index is 12.5. The molecule has 9 heteroatoms. The molecule has 128 valence electrons. The SMILES string of the molecule is COc1cc2ncn(CC(=O)N[C@@H](C)C(=O)O)c(=O)c2cc1OC. The minimum absolute atomic E-state index is 0.259. The summed E-state index contributed by atoms with van der Waals surface area (Å²) in [6.07, 6.45) is 1.22. The molecule has 1 heterocycles. The average Bonchev–Trinajstić information content (AvgIpc) is 2.56. The fourth-order valence-electron chi connectivity index (χ4n) is 2.10. The molecule has 1 aromatic carbocycles. The van der Waals surface area contributed by atoms with E-state index in [0.717, 1.165) is 4.57 Å². The quantitative estimate of drug-likeness (QED) is 0.762. The Labute approximate surface area is 136 Å². The van der Waals surface area contributed by atoms with Crippen molar-refractivity contribution in [1.82, 2.24) is 14.9 Å². The third-order valence-electron chi connectivity index (χ3n) is 3.39. The van der Waals surface area contributed by atoms with E-state index >= 15 is 0 Å². The van der Waals surface area contributed by atoms with Crippen molar-refractivity contribution in [1.29, 1.82) is 0 Å². The Hall–Kier alpha value is -3.10. The van der Waals surface area contributed by atoms with E-state index < -0.39 is 23.5 Å². The van der Waals surface area contributed by atoms with Crippen LogP contribution in [-0.2, 0) is 16.1 Å². The van der Waals surface area contributed by atoms with Gasteiger partial charge in [0.1, 0.15) is 12.6 Å². The van der Waals surface area contributed by atoms with Gasteiger partial charge >= 0.3 is 5.97 Å². The monoisotopic (exact) mass is 335 g/mol. The summed E-state index contributed by atoms with van der Waals surface area (Å²) in [5, 5.41) is 11.3. The van der Waals surface area contributed by atoms with Crippen LogP contribution in [0.2, 0.25) is 0 Å². The Morgan fingerprint density at radius 3 is 2.50 bits per heavy atom. The summed E-state index contributed by atoms with van der Waals surface area (Å²) in [5.41, 5.74) is -0.0488. The summed E-state index contributed by atoms with van der Waals surface area (Å²) in [7, 11) is 2.91. The van der Waals surface area contributed by atoms with E-state index in [2.05, 4.69) is 10.3 Å². The van der Waals surface area contributed by atoms with Gasteiger partial charge in [-0.05, 0) is 13.0 Å². The first kappa shape index (κ1) is 17.3. The lowest BCUT2D eigenvalue weighted by atomic mass is 10.2. The molecule has 0 radical (unpaired) electrons. The van der Waals surface area contributed by atoms with Gasteiger partial charge in [-0.2, -0.15) is 0 Å². The molecule has 2 rings (SSSR count). The van der Waals surface area contributed by atoms with Gasteiger partial charge in [0.25, 0.3) is 5.56 Å². The fourth-order valence-corrected chi connectivity index (χ4v) is 2.10. The first-order valence-electron chi connectivity index (χ1n) is 7.00. The zero-order valence-electron chi connectivity index (χ0n) is 13.4. The smallest absolute Gasteiger partial charge is 0.325 e. The van der Waals surface area contributed by atoms with Crippen molar-refractivity contribution >= 4 is 22.8 Å². The van der Waals surface area contributed by atoms with Gasteiger partial charge in [-0.1, -0.05) is 0 Å². The highest BCUT2D eigenvalue weighted by Crippen LogP contribution is 2.29. The molecule has 0 aliphatic heterocycles. The van der Waals surface area contributed by atoms with Gasteiger partial charge in [0.15, 0.2) is 11.5 Å². The van der Waals surface area contributed by atoms with Crippen LogP contribution in [0.1, 0.15) is 6.92 Å². The van der Waals surface area contributed by atoms with Crippen LogP contribution >= 0.6 is 0 Å². The van der Waals surface area contributed by atoms with E-state index in [4.69, 9.17) is 14.6 Å². The van der Waals surface area contributed by atoms with E-state index in [0.29, 0.717) is 17.0 Å². The summed E-state index contributed by atoms with van der Waals surface area (Å²) in [6.45, 7) is 0.993. The Morgan fingerprint density at radius 1 is 1.29 bits per heavy atom. The van der Waals surface area contributed by atoms with Crippen LogP contribution in [0.3, 0.4) is 0 Å². The van der Waals surface area contributed by atoms with Gasteiger partial charge in [0.2, 0.25) is 5.91 Å². The number of methoxy groups -OCH3 is 2. The second-order valence-corrected chi connectivity index (χ2v) is 5.03. The number of hydrogen-bond donors (Lipinski definition) is 2. The van der Waals surface area contributed by atoms with Gasteiger partial charge in [-0.3, -0.25) is 19.0 Å². The molecule has 0 spiro atoms. The number of carbonyl (C=O) groups is 2. The van der Waals surface area contributed by atoms with Crippen molar-refractivity contribution in [3.63, 3.8) is 0 Å². The lowest BCUT2D eigenvalue weighted by Crippen LogP contribution is -2.41. The van der Waals surface area contributed by atoms with Crippen LogP contribution in [0.15, 0.2) is 23.3 Å². The number of carboxylic acids is 1. The normalized spacial score (nSPS) is 11.8. The highest BCUT2D eigenvalue weighted by atomic mass is 16.5. The second-order valence-electron chi connectivity index (χ2n) is 5.03. The molecule has 0 saturated heterocycles. The largest absolute Gasteiger partial charge is 0.493 e. The lowest BCUT2D eigenvalue weighted by molar-refractivity contribution is -0.141. The first-order chi connectivity index (χ1) is 11.4. The highest BCUT2D eigenvalue weighted by molar-refractivity contribution is 5.84. The average molecular weight is 335 g/mol. The van der Waals surface area contributed by atoms with Gasteiger partial charge < -0.3 is 19.9 Å². The molecule has 0 unspecified atom stereocenters. The molecule has 0 aliphatic rings. The van der Waals surface area contributed by atoms with Crippen LogP contribution in [0, 0.1) is 0 Å². The number of nitrogens with zero attached hydrogens (tertiary/aromatic N) is 2. The summed E-state index contributed by atoms with van der Waals surface area (Å²) in [4.78, 5) is 39.2. The molecule has 1 atom stereocenters. The van der Waals surface area contributed by atoms with Crippen LogP contribution in [0.5, 0.6) is 11.5 Å². The fraction of sp³-hybridized carbons (Fsp3) is 0.333. The van der Waals surface area contributed by atoms with Gasteiger partial charge in [-0.15, -0.1) is 0 Å². The molecule has 2 aromatic rings. The maximum atomic E-state index is 12.5. The zero-order chi connectivity index (χ0) is 17.9. The van der Waals surface area contributed by atoms with Crippen molar-refractivity contribution in [2.45, 2.75) is 19.5 Å². The number of benzene rings is 1. The van der Waals surface area contributed by atoms with Crippen LogP contribution in [0.25, 0.3) is 10.9 Å². The highest BCUT2D eigenvalue weighted by Gasteiger charge is 2.16. The number of aromatic nitrogens is 2. The number of ether oxygens (including phenoxy) is 2. The molecule has 1 aromatic heterocycles. The molecule has 2 N–H and O–H groups in total. The molecule has 0 saturated carbocycles. The number of rotatable bonds is 6. The van der Waals surface area contributed by atoms with Gasteiger partial charge in [0, 0.05) is 6.07 Å². The Morgan fingerprint density at radius 2 is 1.92 bits per heavy atom. The van der Waals surface area contributed by atoms with E-state index in [1.165, 1.54) is 33.5 Å². The number of carbonyl (C=O) groups excluding carboxylic acids is 1. The Balaban J connectivity index is 2.36. The Kier molecular flexibility index (Phi) is 5.02. The van der Waals surface area contributed by atoms with Crippen molar-refractivity contribution in [2.24, 2.45) is 0 Å². The first-order valence-corrected chi connectivity index (χ1v) is 7.00. The summed E-state index contributed by atoms with van der Waals surface area (Å²) in [6, 6.07) is 2.00. The van der Waals surface area contributed by atoms with Crippen molar-refractivity contribution in [3.8, 4) is 11.5 Å². The second kappa shape index (κ2) is 6.99. The summed E-state index contributed by atoms with van der Waals surface area (Å²) in [5.74, 6) is -0.967. The topological polar surface area (TPSA) is 120 Å². The minimum Gasteiger partial charge on any atom is -0.493 e. The number of nitrogens with one attached hydrogen (secondary N) is 1. The Bertz CT molecular complexity index is 845. The lowest BCUT2D eigenvalue weighted by Gasteiger charge is -2.12. The van der Waals surface area contributed by atoms with Gasteiger partial charge in [-0.25, -0.2) is 4.98 Å². The summed E-state index contributed by atoms with van der Waals surface area (Å²) < 4.78 is 11.4. The van der Waals surface area contributed by atoms with Crippen molar-refractivity contribution in [3.05, 3.63) is 28.8 Å². The minimum atomic E-state index is -1.16. The molecular formula is C15H17N3O6. The number of amides is 1. The molecule has 0 fully saturated rings. The van der Waals surface area contributed by atoms with E-state index in [1.54, 1.807) is 6.07 Å². The molecule has 9 nitrogen and oxygen atoms in total. The predicted octanol–water partition coefficient (Wildman–Crippen LogP) is 0.00300. The number of carboxylic acid groups (broad SMARTS) is 1. The molecule has 0 aliphatic carbocycles. The van der Waals surface area contributed by atoms with Crippen LogP contribution < -0.4 is 20.3 Å². The predicted molar refractivity (Wildman–Crippen MR) is 84.3 cm³/mol. The molecule has 1 amide bonds. The number of fused-ring (bicyclic) bond motifs is 1. The van der Waals surface area contributed by atoms with E-state index in [1.807, 2.05) is 0 Å². The zero-order valence-corrected chi connectivity index (χ0v) is 13.4. The summed E-state index contributed by atoms with van der Waals surface area (Å²) >= 11 is 0. The van der Waals surface area contributed by atoms with Gasteiger partial charge in [0.05, 0.1) is 31.4 Å². The molecular weight excluding hydrogens is 318 g/mol. The standard InChI is InChI=1S/C15H17N3O6/c1-8(15(21)22)17-13(19)6-18-7-16-10-5-12(24-3)11(23-2)4-9(10)14(18)20/h4-5,7-8H,6H2,1-3H3,(H,17,19)(H,21,22)/t8-/m0/s1. The maximum Gasteiger partial charge on any atom is 0.325 e. The third-order valence-corrected chi connectivity index (χ3v) is 3.39. The van der Waals surface area contributed by atoms with Crippen LogP contribution in [-0.4, -0.2) is 46.8 Å². The molecule has 0 bridgehead atoms. The van der Waals surface area contributed by atoms with Crippen molar-refractivity contribution < 1.29 is 24.2 Å². The van der Waals surface area contributed by atoms with E-state index in [9.17, 15) is 14.4 Å². The number of aliphatic carboxylic acids is 1. The third kappa shape index (κ3) is 3.45. The van der Waals surface area contributed by atoms with Crippen LogP contribution in [0.4, 0.5) is 0 Å². The van der Waals surface area contributed by atoms with E-state index in [-0.39, 0.29) is 11.9 Å².